The van der Waals surface area contributed by atoms with Crippen molar-refractivity contribution in [3.8, 4) is 11.3 Å². The third kappa shape index (κ3) is 6.88. The lowest BCUT2D eigenvalue weighted by Gasteiger charge is -2.12. The fourth-order valence-electron chi connectivity index (χ4n) is 3.67. The molecule has 7 nitrogen and oxygen atoms in total. The molecule has 4 rings (SSSR count). The molecular formula is C26H19BrClF3N4O3S. The van der Waals surface area contributed by atoms with E-state index in [0.29, 0.717) is 21.5 Å². The van der Waals surface area contributed by atoms with Crippen LogP contribution in [0.2, 0.25) is 5.02 Å². The molecule has 0 aliphatic heterocycles. The van der Waals surface area contributed by atoms with Crippen LogP contribution in [0.1, 0.15) is 37.4 Å². The minimum absolute atomic E-state index is 0.0000364. The van der Waals surface area contributed by atoms with Gasteiger partial charge in [-0.05, 0) is 51.8 Å². The molecule has 0 bridgehead atoms. The van der Waals surface area contributed by atoms with Gasteiger partial charge in [-0.3, -0.25) is 14.7 Å². The predicted octanol–water partition coefficient (Wildman–Crippen LogP) is 6.62. The van der Waals surface area contributed by atoms with Crippen LogP contribution in [-0.4, -0.2) is 44.3 Å². The summed E-state index contributed by atoms with van der Waals surface area (Å²) in [5.74, 6) is 0.000977. The maximum absolute atomic E-state index is 13.6. The van der Waals surface area contributed by atoms with Crippen LogP contribution in [0.25, 0.3) is 11.3 Å². The Morgan fingerprint density at radius 3 is 2.67 bits per heavy atom. The monoisotopic (exact) mass is 638 g/mol. The summed E-state index contributed by atoms with van der Waals surface area (Å²) < 4.78 is 40.7. The molecular weight excluding hydrogens is 621 g/mol. The van der Waals surface area contributed by atoms with Gasteiger partial charge in [0.05, 0.1) is 28.3 Å². The minimum atomic E-state index is -4.70. The number of amides is 1. The van der Waals surface area contributed by atoms with Gasteiger partial charge in [0.15, 0.2) is 0 Å². The van der Waals surface area contributed by atoms with E-state index in [9.17, 15) is 22.8 Å². The van der Waals surface area contributed by atoms with Crippen molar-refractivity contribution in [2.75, 3.05) is 17.7 Å². The average molecular weight is 640 g/mol. The molecule has 0 spiro atoms. The molecule has 2 heterocycles. The van der Waals surface area contributed by atoms with Gasteiger partial charge < -0.3 is 10.4 Å². The highest BCUT2D eigenvalue weighted by Crippen LogP contribution is 2.38. The quantitative estimate of drug-likeness (QED) is 0.140. The van der Waals surface area contributed by atoms with E-state index in [4.69, 9.17) is 16.7 Å². The molecule has 39 heavy (non-hydrogen) atoms. The van der Waals surface area contributed by atoms with Gasteiger partial charge in [0.25, 0.3) is 5.91 Å². The number of H-pyrrole nitrogens is 1. The lowest BCUT2D eigenvalue weighted by molar-refractivity contribution is -0.137. The van der Waals surface area contributed by atoms with Gasteiger partial charge in [0.2, 0.25) is 5.78 Å². The Kier molecular flexibility index (Phi) is 9.11. The zero-order chi connectivity index (χ0) is 28.2. The van der Waals surface area contributed by atoms with Gasteiger partial charge in [-0.25, -0.2) is 4.98 Å². The first-order valence-electron chi connectivity index (χ1n) is 11.3. The molecule has 4 aromatic rings. The smallest absolute Gasteiger partial charge is 0.396 e. The van der Waals surface area contributed by atoms with Crippen LogP contribution in [0.15, 0.2) is 65.4 Å². The van der Waals surface area contributed by atoms with Crippen molar-refractivity contribution in [1.82, 2.24) is 15.2 Å². The van der Waals surface area contributed by atoms with E-state index in [2.05, 4.69) is 36.4 Å². The van der Waals surface area contributed by atoms with Crippen LogP contribution in [-0.2, 0) is 11.9 Å². The molecule has 0 saturated carbocycles. The second-order valence-electron chi connectivity index (χ2n) is 8.15. The molecule has 0 aliphatic carbocycles. The number of anilines is 1. The Hall–Kier alpha value is -3.19. The van der Waals surface area contributed by atoms with E-state index in [1.807, 2.05) is 6.07 Å². The number of ketones is 1. The van der Waals surface area contributed by atoms with Gasteiger partial charge in [-0.15, -0.1) is 0 Å². The van der Waals surface area contributed by atoms with Crippen molar-refractivity contribution in [2.45, 2.75) is 11.9 Å². The van der Waals surface area contributed by atoms with Crippen molar-refractivity contribution < 1.29 is 27.9 Å². The maximum Gasteiger partial charge on any atom is 0.417 e. The van der Waals surface area contributed by atoms with E-state index in [-0.39, 0.29) is 34.8 Å². The molecule has 2 aromatic carbocycles. The average Bonchev–Trinajstić information content (AvgIpc) is 3.39. The number of rotatable bonds is 9. The SMILES string of the molecule is O=C(Nc1ncc(Br)cc1C(=O)c1c[nH]nc1-c1ccc(Cl)c(C(F)(F)F)c1)c1cccc(CSCCO)c1. The number of aromatic amines is 1. The normalized spacial score (nSPS) is 11.4. The van der Waals surface area contributed by atoms with Gasteiger partial charge in [-0.2, -0.15) is 30.0 Å². The Labute approximate surface area is 238 Å². The molecule has 0 fully saturated rings. The number of carbonyl (C=O) groups is 2. The first-order valence-corrected chi connectivity index (χ1v) is 13.6. The molecule has 0 aliphatic rings. The third-order valence-corrected chi connectivity index (χ3v) is 7.23. The number of thioether (sulfide) groups is 1. The number of carbonyl (C=O) groups excluding carboxylic acids is 2. The van der Waals surface area contributed by atoms with Crippen molar-refractivity contribution in [3.05, 3.63) is 98.2 Å². The third-order valence-electron chi connectivity index (χ3n) is 5.45. The second kappa shape index (κ2) is 12.3. The first kappa shape index (κ1) is 28.8. The van der Waals surface area contributed by atoms with Crippen molar-refractivity contribution in [3.63, 3.8) is 0 Å². The van der Waals surface area contributed by atoms with Gasteiger partial charge >= 0.3 is 6.18 Å². The fraction of sp³-hybridized carbons (Fsp3) is 0.154. The maximum atomic E-state index is 13.6. The fourth-order valence-corrected chi connectivity index (χ4v) is 4.91. The summed E-state index contributed by atoms with van der Waals surface area (Å²) in [4.78, 5) is 30.8. The molecule has 0 radical (unpaired) electrons. The summed E-state index contributed by atoms with van der Waals surface area (Å²) >= 11 is 10.5. The molecule has 202 valence electrons. The molecule has 0 unspecified atom stereocenters. The van der Waals surface area contributed by atoms with E-state index < -0.39 is 28.5 Å². The van der Waals surface area contributed by atoms with Crippen molar-refractivity contribution in [2.24, 2.45) is 0 Å². The highest BCUT2D eigenvalue weighted by atomic mass is 79.9. The number of aliphatic hydroxyl groups is 1. The number of alkyl halides is 3. The summed E-state index contributed by atoms with van der Waals surface area (Å²) in [6, 6.07) is 11.6. The Balaban J connectivity index is 1.65. The molecule has 0 atom stereocenters. The van der Waals surface area contributed by atoms with Crippen molar-refractivity contribution >= 4 is 56.8 Å². The van der Waals surface area contributed by atoms with Crippen molar-refractivity contribution in [1.29, 1.82) is 0 Å². The summed E-state index contributed by atoms with van der Waals surface area (Å²) in [6.45, 7) is 0.0524. The number of nitrogens with zero attached hydrogens (tertiary/aromatic N) is 2. The highest BCUT2D eigenvalue weighted by Gasteiger charge is 2.34. The van der Waals surface area contributed by atoms with E-state index >= 15 is 0 Å². The number of benzene rings is 2. The number of nitrogens with one attached hydrogen (secondary N) is 2. The lowest BCUT2D eigenvalue weighted by Crippen LogP contribution is -2.17. The number of aliphatic hydroxyl groups excluding tert-OH is 1. The van der Waals surface area contributed by atoms with Crippen LogP contribution < -0.4 is 5.32 Å². The molecule has 0 saturated heterocycles. The first-order chi connectivity index (χ1) is 18.6. The Morgan fingerprint density at radius 2 is 1.92 bits per heavy atom. The Bertz CT molecular complexity index is 1530. The van der Waals surface area contributed by atoms with E-state index in [1.165, 1.54) is 36.3 Å². The molecule has 1 amide bonds. The number of hydrogen-bond acceptors (Lipinski definition) is 6. The predicted molar refractivity (Wildman–Crippen MR) is 147 cm³/mol. The summed E-state index contributed by atoms with van der Waals surface area (Å²) in [7, 11) is 0. The molecule has 2 aromatic heterocycles. The van der Waals surface area contributed by atoms with Crippen LogP contribution >= 0.6 is 39.3 Å². The second-order valence-corrected chi connectivity index (χ2v) is 10.6. The van der Waals surface area contributed by atoms with Gasteiger partial charge in [-0.1, -0.05) is 29.8 Å². The van der Waals surface area contributed by atoms with Gasteiger partial charge in [0.1, 0.15) is 11.5 Å². The summed E-state index contributed by atoms with van der Waals surface area (Å²) in [5, 5.41) is 17.7. The molecule has 3 N–H and O–H groups in total. The topological polar surface area (TPSA) is 108 Å². The number of hydrogen-bond donors (Lipinski definition) is 3. The summed E-state index contributed by atoms with van der Waals surface area (Å²) in [6.07, 6.45) is -2.03. The van der Waals surface area contributed by atoms with Gasteiger partial charge in [0, 0.05) is 39.5 Å². The Morgan fingerprint density at radius 1 is 1.13 bits per heavy atom. The van der Waals surface area contributed by atoms with Crippen LogP contribution in [0, 0.1) is 0 Å². The zero-order valence-electron chi connectivity index (χ0n) is 19.9. The van der Waals surface area contributed by atoms with Crippen LogP contribution in [0.5, 0.6) is 0 Å². The van der Waals surface area contributed by atoms with E-state index in [1.54, 1.807) is 18.2 Å². The standard InChI is InChI=1S/C26H19BrClF3N4O3S/c27-17-10-18(24(32-11-17)34-25(38)16-3-1-2-14(8-16)13-39-7-6-36)23(37)19-12-33-35-22(19)15-4-5-21(28)20(9-15)26(29,30)31/h1-5,8-12,36H,6-7,13H2,(H,33,35)(H,32,34,38). The van der Waals surface area contributed by atoms with E-state index in [0.717, 1.165) is 17.7 Å². The minimum Gasteiger partial charge on any atom is -0.396 e. The van der Waals surface area contributed by atoms with Crippen LogP contribution in [0.3, 0.4) is 0 Å². The largest absolute Gasteiger partial charge is 0.417 e. The lowest BCUT2D eigenvalue weighted by atomic mass is 9.99. The zero-order valence-corrected chi connectivity index (χ0v) is 23.0. The molecule has 13 heteroatoms. The van der Waals surface area contributed by atoms with Crippen LogP contribution in [0.4, 0.5) is 19.0 Å². The summed E-state index contributed by atoms with van der Waals surface area (Å²) in [5.41, 5.74) is 0.143. The number of halogens is 5. The number of pyridine rings is 1. The highest BCUT2D eigenvalue weighted by molar-refractivity contribution is 9.10. The number of aromatic nitrogens is 3.